The lowest BCUT2D eigenvalue weighted by Crippen LogP contribution is -2.20. The van der Waals surface area contributed by atoms with Crippen molar-refractivity contribution in [2.24, 2.45) is 7.05 Å². The summed E-state index contributed by atoms with van der Waals surface area (Å²) < 4.78 is 36.4. The molecule has 4 aromatic rings. The molecule has 2 amide bonds. The highest BCUT2D eigenvalue weighted by molar-refractivity contribution is 6.00. The van der Waals surface area contributed by atoms with Crippen LogP contribution in [0.4, 0.5) is 25.0 Å². The molecule has 0 radical (unpaired) electrons. The van der Waals surface area contributed by atoms with Crippen molar-refractivity contribution in [3.8, 4) is 17.0 Å². The lowest BCUT2D eigenvalue weighted by molar-refractivity contribution is 0.262. The maximum atomic E-state index is 13.8. The number of anilines is 2. The van der Waals surface area contributed by atoms with Gasteiger partial charge >= 0.3 is 6.03 Å². The Morgan fingerprint density at radius 2 is 1.97 bits per heavy atom. The van der Waals surface area contributed by atoms with E-state index in [2.05, 4.69) is 20.7 Å². The van der Waals surface area contributed by atoms with Crippen LogP contribution in [0.25, 0.3) is 11.3 Å². The third-order valence-electron chi connectivity index (χ3n) is 4.68. The van der Waals surface area contributed by atoms with E-state index >= 15 is 0 Å². The van der Waals surface area contributed by atoms with E-state index in [0.717, 1.165) is 23.4 Å². The van der Waals surface area contributed by atoms with Gasteiger partial charge < -0.3 is 19.9 Å². The minimum atomic E-state index is -0.864. The molecule has 0 fully saturated rings. The Hall–Kier alpha value is -4.21. The van der Waals surface area contributed by atoms with Crippen LogP contribution >= 0.6 is 0 Å². The van der Waals surface area contributed by atoms with Gasteiger partial charge in [-0.05, 0) is 36.4 Å². The molecule has 0 atom stereocenters. The molecule has 2 N–H and O–H groups in total. The van der Waals surface area contributed by atoms with E-state index in [4.69, 9.17) is 4.74 Å². The molecule has 2 aromatic carbocycles. The molecule has 8 nitrogen and oxygen atoms in total. The number of imidazole rings is 1. The van der Waals surface area contributed by atoms with Gasteiger partial charge in [0.2, 0.25) is 0 Å². The van der Waals surface area contributed by atoms with Gasteiger partial charge in [-0.2, -0.15) is 5.10 Å². The van der Waals surface area contributed by atoms with Gasteiger partial charge in [0.25, 0.3) is 0 Å². The fraction of sp³-hybridized carbons (Fsp3) is 0.136. The lowest BCUT2D eigenvalue weighted by atomic mass is 10.1. The van der Waals surface area contributed by atoms with Crippen molar-refractivity contribution in [2.45, 2.75) is 6.54 Å². The van der Waals surface area contributed by atoms with Gasteiger partial charge in [0.1, 0.15) is 24.0 Å². The summed E-state index contributed by atoms with van der Waals surface area (Å²) in [5, 5.41) is 9.21. The molecule has 32 heavy (non-hydrogen) atoms. The van der Waals surface area contributed by atoms with Crippen LogP contribution in [0.2, 0.25) is 0 Å². The second-order valence-corrected chi connectivity index (χ2v) is 6.90. The van der Waals surface area contributed by atoms with Gasteiger partial charge in [0.15, 0.2) is 0 Å². The molecule has 0 saturated carbocycles. The Morgan fingerprint density at radius 3 is 2.69 bits per heavy atom. The van der Waals surface area contributed by atoms with Crippen molar-refractivity contribution in [1.82, 2.24) is 19.3 Å². The molecule has 0 aliphatic rings. The summed E-state index contributed by atoms with van der Waals surface area (Å²) in [6, 6.07) is 9.24. The number of urea groups is 1. The van der Waals surface area contributed by atoms with Gasteiger partial charge in [-0.15, -0.1) is 0 Å². The number of carbonyl (C=O) groups is 1. The minimum absolute atomic E-state index is 0.129. The zero-order chi connectivity index (χ0) is 22.5. The average molecular weight is 438 g/mol. The van der Waals surface area contributed by atoms with E-state index < -0.39 is 17.7 Å². The normalized spacial score (nSPS) is 10.7. The molecule has 0 spiro atoms. The molecule has 0 bridgehead atoms. The number of aromatic nitrogens is 4. The molecule has 0 saturated heterocycles. The maximum absolute atomic E-state index is 13.8. The fourth-order valence-electron chi connectivity index (χ4n) is 3.13. The minimum Gasteiger partial charge on any atom is -0.491 e. The summed E-state index contributed by atoms with van der Waals surface area (Å²) >= 11 is 0. The Labute approximate surface area is 182 Å². The highest BCUT2D eigenvalue weighted by Crippen LogP contribution is 2.32. The van der Waals surface area contributed by atoms with Crippen LogP contribution < -0.4 is 15.4 Å². The van der Waals surface area contributed by atoms with Crippen molar-refractivity contribution < 1.29 is 18.3 Å². The first-order valence-electron chi connectivity index (χ1n) is 9.73. The first kappa shape index (κ1) is 21.0. The Morgan fingerprint density at radius 1 is 1.09 bits per heavy atom. The van der Waals surface area contributed by atoms with Crippen molar-refractivity contribution in [1.29, 1.82) is 0 Å². The van der Waals surface area contributed by atoms with E-state index in [9.17, 15) is 13.6 Å². The molecule has 0 aliphatic carbocycles. The summed E-state index contributed by atoms with van der Waals surface area (Å²) in [6.45, 7) is 1.04. The summed E-state index contributed by atoms with van der Waals surface area (Å²) in [6.07, 6.45) is 6.92. The second kappa shape index (κ2) is 9.29. The molecule has 4 rings (SSSR count). The molecule has 2 heterocycles. The molecule has 10 heteroatoms. The third-order valence-corrected chi connectivity index (χ3v) is 4.68. The van der Waals surface area contributed by atoms with Crippen LogP contribution in [0.3, 0.4) is 0 Å². The highest BCUT2D eigenvalue weighted by Gasteiger charge is 2.14. The van der Waals surface area contributed by atoms with Gasteiger partial charge in [-0.25, -0.2) is 18.6 Å². The summed E-state index contributed by atoms with van der Waals surface area (Å²) in [5.74, 6) is -0.973. The van der Waals surface area contributed by atoms with Gasteiger partial charge in [0.05, 0.1) is 24.3 Å². The Kier molecular flexibility index (Phi) is 6.11. The number of aryl methyl sites for hydroxylation is 1. The van der Waals surface area contributed by atoms with E-state index in [1.807, 2.05) is 16.8 Å². The zero-order valence-electron chi connectivity index (χ0n) is 17.1. The number of nitrogens with zero attached hydrogens (tertiary/aromatic N) is 4. The van der Waals surface area contributed by atoms with Crippen LogP contribution in [-0.4, -0.2) is 32.0 Å². The largest absolute Gasteiger partial charge is 0.491 e. The molecular weight excluding hydrogens is 418 g/mol. The number of halogens is 2. The van der Waals surface area contributed by atoms with Crippen LogP contribution in [-0.2, 0) is 13.6 Å². The monoisotopic (exact) mass is 438 g/mol. The van der Waals surface area contributed by atoms with Gasteiger partial charge in [-0.3, -0.25) is 4.68 Å². The lowest BCUT2D eigenvalue weighted by Gasteiger charge is -2.15. The van der Waals surface area contributed by atoms with Gasteiger partial charge in [0, 0.05) is 43.0 Å². The van der Waals surface area contributed by atoms with Crippen molar-refractivity contribution in [3.63, 3.8) is 0 Å². The fourth-order valence-corrected chi connectivity index (χ4v) is 3.13. The van der Waals surface area contributed by atoms with Crippen LogP contribution in [0.1, 0.15) is 0 Å². The third kappa shape index (κ3) is 4.91. The number of hydrogen-bond donors (Lipinski definition) is 2. The summed E-state index contributed by atoms with van der Waals surface area (Å²) in [4.78, 5) is 16.3. The first-order chi connectivity index (χ1) is 15.5. The number of hydrogen-bond acceptors (Lipinski definition) is 4. The van der Waals surface area contributed by atoms with E-state index in [0.29, 0.717) is 30.7 Å². The standard InChI is InChI=1S/C22H20F2N6O2/c1-29-20(6-7-26-29)17-13-16(3-5-21(17)32-11-10-30-9-8-25-14-30)27-22(31)28-19-4-2-15(23)12-18(19)24/h2-9,12-14H,10-11H2,1H3,(H2,27,28,31). The number of rotatable bonds is 7. The quantitative estimate of drug-likeness (QED) is 0.451. The van der Waals surface area contributed by atoms with Crippen LogP contribution in [0, 0.1) is 11.6 Å². The second-order valence-electron chi connectivity index (χ2n) is 6.90. The average Bonchev–Trinajstić information content (AvgIpc) is 3.43. The molecule has 164 valence electrons. The van der Waals surface area contributed by atoms with Crippen molar-refractivity contribution in [3.05, 3.63) is 79.0 Å². The molecule has 2 aromatic heterocycles. The van der Waals surface area contributed by atoms with E-state index in [1.165, 1.54) is 0 Å². The number of carbonyl (C=O) groups excluding carboxylic acids is 1. The summed E-state index contributed by atoms with van der Waals surface area (Å²) in [5.41, 5.74) is 1.84. The van der Waals surface area contributed by atoms with Gasteiger partial charge in [-0.1, -0.05) is 0 Å². The first-order valence-corrected chi connectivity index (χ1v) is 9.73. The zero-order valence-corrected chi connectivity index (χ0v) is 17.1. The smallest absolute Gasteiger partial charge is 0.323 e. The summed E-state index contributed by atoms with van der Waals surface area (Å²) in [7, 11) is 1.80. The SMILES string of the molecule is Cn1nccc1-c1cc(NC(=O)Nc2ccc(F)cc2F)ccc1OCCn1ccnc1. The Balaban J connectivity index is 1.51. The number of nitrogens with one attached hydrogen (secondary N) is 2. The highest BCUT2D eigenvalue weighted by atomic mass is 19.1. The molecular formula is C22H20F2N6O2. The number of amides is 2. The van der Waals surface area contributed by atoms with Crippen molar-refractivity contribution in [2.75, 3.05) is 17.2 Å². The Bertz CT molecular complexity index is 1220. The van der Waals surface area contributed by atoms with Crippen LogP contribution in [0.5, 0.6) is 5.75 Å². The topological polar surface area (TPSA) is 86.0 Å². The van der Waals surface area contributed by atoms with E-state index in [1.54, 1.807) is 48.6 Å². The molecule has 0 unspecified atom stereocenters. The molecule has 0 aliphatic heterocycles. The predicted molar refractivity (Wildman–Crippen MR) is 115 cm³/mol. The van der Waals surface area contributed by atoms with Crippen molar-refractivity contribution >= 4 is 17.4 Å². The predicted octanol–water partition coefficient (Wildman–Crippen LogP) is 4.28. The maximum Gasteiger partial charge on any atom is 0.323 e. The van der Waals surface area contributed by atoms with Crippen LogP contribution in [0.15, 0.2) is 67.4 Å². The van der Waals surface area contributed by atoms with E-state index in [-0.39, 0.29) is 5.69 Å². The number of ether oxygens (including phenoxy) is 1. The number of benzene rings is 2.